The van der Waals surface area contributed by atoms with Gasteiger partial charge in [-0.2, -0.15) is 0 Å². The van der Waals surface area contributed by atoms with Gasteiger partial charge in [0.1, 0.15) is 12.0 Å². The molecule has 1 fully saturated rings. The number of aromatic nitrogens is 1. The lowest BCUT2D eigenvalue weighted by Crippen LogP contribution is -2.25. The van der Waals surface area contributed by atoms with Gasteiger partial charge in [-0.15, -0.1) is 0 Å². The van der Waals surface area contributed by atoms with Crippen LogP contribution in [-0.4, -0.2) is 36.3 Å². The minimum Gasteiger partial charge on any atom is -0.364 e. The Balaban J connectivity index is 1.85. The van der Waals surface area contributed by atoms with Gasteiger partial charge >= 0.3 is 0 Å². The molecule has 0 spiro atoms. The Morgan fingerprint density at radius 2 is 2.29 bits per heavy atom. The molecule has 0 aliphatic carbocycles. The van der Waals surface area contributed by atoms with Crippen LogP contribution in [0.1, 0.15) is 45.7 Å². The summed E-state index contributed by atoms with van der Waals surface area (Å²) in [5, 5.41) is 0.863. The zero-order valence-corrected chi connectivity index (χ0v) is 13.8. The van der Waals surface area contributed by atoms with E-state index in [0.717, 1.165) is 48.6 Å². The van der Waals surface area contributed by atoms with Gasteiger partial charge in [-0.05, 0) is 49.9 Å². The van der Waals surface area contributed by atoms with Crippen LogP contribution in [0.15, 0.2) is 18.2 Å². The van der Waals surface area contributed by atoms with E-state index in [2.05, 4.69) is 0 Å². The second kappa shape index (κ2) is 7.15. The summed E-state index contributed by atoms with van der Waals surface area (Å²) in [5.41, 5.74) is 8.28. The fourth-order valence-electron chi connectivity index (χ4n) is 3.18. The summed E-state index contributed by atoms with van der Waals surface area (Å²) in [4.78, 5) is 22.9. The SMILES string of the molecule is Cc1c(C=O)ccc2c1cc(C(N)=O)n2CCOC1CCCCO1. The van der Waals surface area contributed by atoms with E-state index in [0.29, 0.717) is 24.4 Å². The first-order valence-corrected chi connectivity index (χ1v) is 8.23. The average Bonchev–Trinajstić information content (AvgIpc) is 2.96. The topological polar surface area (TPSA) is 83.6 Å². The van der Waals surface area contributed by atoms with Crippen LogP contribution in [0, 0.1) is 6.92 Å². The Morgan fingerprint density at radius 3 is 2.96 bits per heavy atom. The Kier molecular flexibility index (Phi) is 4.97. The first kappa shape index (κ1) is 16.7. The molecule has 2 aromatic rings. The molecule has 3 rings (SSSR count). The number of primary amides is 1. The number of aryl methyl sites for hydroxylation is 1. The predicted octanol–water partition coefficient (Wildman–Crippen LogP) is 2.40. The number of carbonyl (C=O) groups is 2. The van der Waals surface area contributed by atoms with Gasteiger partial charge in [-0.25, -0.2) is 0 Å². The molecule has 128 valence electrons. The number of carbonyl (C=O) groups excluding carboxylic acids is 2. The molecule has 6 heteroatoms. The zero-order valence-electron chi connectivity index (χ0n) is 13.8. The molecule has 2 heterocycles. The minimum absolute atomic E-state index is 0.166. The summed E-state index contributed by atoms with van der Waals surface area (Å²) in [7, 11) is 0. The van der Waals surface area contributed by atoms with Crippen LogP contribution in [-0.2, 0) is 16.0 Å². The molecular weight excluding hydrogens is 308 g/mol. The normalized spacial score (nSPS) is 18.0. The van der Waals surface area contributed by atoms with Crippen LogP contribution in [0.5, 0.6) is 0 Å². The van der Waals surface area contributed by atoms with E-state index in [1.54, 1.807) is 12.1 Å². The number of nitrogens with zero attached hydrogens (tertiary/aromatic N) is 1. The molecule has 1 amide bonds. The summed E-state index contributed by atoms with van der Waals surface area (Å²) in [6, 6.07) is 5.35. The van der Waals surface area contributed by atoms with E-state index in [9.17, 15) is 9.59 Å². The molecule has 2 N–H and O–H groups in total. The van der Waals surface area contributed by atoms with E-state index in [1.165, 1.54) is 0 Å². The second-order valence-electron chi connectivity index (χ2n) is 6.04. The van der Waals surface area contributed by atoms with Crippen molar-refractivity contribution in [3.05, 3.63) is 35.0 Å². The van der Waals surface area contributed by atoms with Crippen molar-refractivity contribution in [3.8, 4) is 0 Å². The quantitative estimate of drug-likeness (QED) is 0.824. The van der Waals surface area contributed by atoms with E-state index in [-0.39, 0.29) is 6.29 Å². The molecule has 6 nitrogen and oxygen atoms in total. The molecule has 24 heavy (non-hydrogen) atoms. The number of benzene rings is 1. The Labute approximate surface area is 140 Å². The van der Waals surface area contributed by atoms with Crippen molar-refractivity contribution < 1.29 is 19.1 Å². The summed E-state index contributed by atoms with van der Waals surface area (Å²) < 4.78 is 13.2. The number of amides is 1. The first-order chi connectivity index (χ1) is 11.6. The number of nitrogens with two attached hydrogens (primary N) is 1. The van der Waals surface area contributed by atoms with Crippen LogP contribution in [0.2, 0.25) is 0 Å². The van der Waals surface area contributed by atoms with Crippen molar-refractivity contribution in [3.63, 3.8) is 0 Å². The van der Waals surface area contributed by atoms with E-state index in [4.69, 9.17) is 15.2 Å². The van der Waals surface area contributed by atoms with E-state index >= 15 is 0 Å². The highest BCUT2D eigenvalue weighted by Crippen LogP contribution is 2.25. The third-order valence-electron chi connectivity index (χ3n) is 4.53. The molecule has 0 radical (unpaired) electrons. The van der Waals surface area contributed by atoms with Gasteiger partial charge in [0.25, 0.3) is 5.91 Å². The summed E-state index contributed by atoms with van der Waals surface area (Å²) >= 11 is 0. The molecule has 1 aliphatic rings. The number of fused-ring (bicyclic) bond motifs is 1. The van der Waals surface area contributed by atoms with Gasteiger partial charge in [-0.1, -0.05) is 0 Å². The van der Waals surface area contributed by atoms with Gasteiger partial charge in [0, 0.05) is 29.6 Å². The molecule has 1 saturated heterocycles. The Bertz CT molecular complexity index is 760. The molecule has 1 aromatic carbocycles. The highest BCUT2D eigenvalue weighted by molar-refractivity contribution is 6.00. The monoisotopic (exact) mass is 330 g/mol. The fraction of sp³-hybridized carbons (Fsp3) is 0.444. The van der Waals surface area contributed by atoms with Gasteiger partial charge in [0.05, 0.1) is 6.61 Å². The molecule has 1 atom stereocenters. The molecule has 0 bridgehead atoms. The first-order valence-electron chi connectivity index (χ1n) is 8.23. The Hall–Kier alpha value is -2.18. The van der Waals surface area contributed by atoms with Crippen LogP contribution in [0.4, 0.5) is 0 Å². The van der Waals surface area contributed by atoms with Crippen molar-refractivity contribution in [1.82, 2.24) is 4.57 Å². The maximum Gasteiger partial charge on any atom is 0.265 e. The third kappa shape index (κ3) is 3.20. The van der Waals surface area contributed by atoms with Crippen molar-refractivity contribution >= 4 is 23.1 Å². The minimum atomic E-state index is -0.493. The lowest BCUT2D eigenvalue weighted by molar-refractivity contribution is -0.163. The maximum atomic E-state index is 11.8. The summed E-state index contributed by atoms with van der Waals surface area (Å²) in [5.74, 6) is -0.493. The predicted molar refractivity (Wildman–Crippen MR) is 90.1 cm³/mol. The van der Waals surface area contributed by atoms with E-state index in [1.807, 2.05) is 17.6 Å². The second-order valence-corrected chi connectivity index (χ2v) is 6.04. The maximum absolute atomic E-state index is 11.8. The smallest absolute Gasteiger partial charge is 0.265 e. The Morgan fingerprint density at radius 1 is 1.46 bits per heavy atom. The number of ether oxygens (including phenoxy) is 2. The zero-order chi connectivity index (χ0) is 17.1. The van der Waals surface area contributed by atoms with Crippen molar-refractivity contribution in [2.24, 2.45) is 5.73 Å². The van der Waals surface area contributed by atoms with Crippen molar-refractivity contribution in [1.29, 1.82) is 0 Å². The van der Waals surface area contributed by atoms with E-state index < -0.39 is 5.91 Å². The molecule has 1 aliphatic heterocycles. The molecule has 0 saturated carbocycles. The van der Waals surface area contributed by atoms with Crippen molar-refractivity contribution in [2.45, 2.75) is 39.0 Å². The van der Waals surface area contributed by atoms with Crippen LogP contribution in [0.25, 0.3) is 10.9 Å². The standard InChI is InChI=1S/C18H22N2O4/c1-12-13(11-21)5-6-15-14(12)10-16(18(19)22)20(15)7-9-24-17-4-2-3-8-23-17/h5-6,10-11,17H,2-4,7-9H2,1H3,(H2,19,22). The third-order valence-corrected chi connectivity index (χ3v) is 4.53. The van der Waals surface area contributed by atoms with Gasteiger partial charge in [-0.3, -0.25) is 9.59 Å². The van der Waals surface area contributed by atoms with Gasteiger partial charge < -0.3 is 19.8 Å². The average molecular weight is 330 g/mol. The number of hydrogen-bond acceptors (Lipinski definition) is 4. The van der Waals surface area contributed by atoms with Crippen LogP contribution < -0.4 is 5.73 Å². The highest BCUT2D eigenvalue weighted by atomic mass is 16.7. The lowest BCUT2D eigenvalue weighted by Gasteiger charge is -2.23. The highest BCUT2D eigenvalue weighted by Gasteiger charge is 2.17. The summed E-state index contributed by atoms with van der Waals surface area (Å²) in [6.07, 6.45) is 3.74. The number of aldehydes is 1. The number of rotatable bonds is 6. The fourth-order valence-corrected chi connectivity index (χ4v) is 3.18. The summed E-state index contributed by atoms with van der Waals surface area (Å²) in [6.45, 7) is 3.54. The molecule has 1 unspecified atom stereocenters. The van der Waals surface area contributed by atoms with Crippen LogP contribution in [0.3, 0.4) is 0 Å². The number of hydrogen-bond donors (Lipinski definition) is 1. The van der Waals surface area contributed by atoms with Gasteiger partial charge in [0.2, 0.25) is 0 Å². The van der Waals surface area contributed by atoms with Gasteiger partial charge in [0.15, 0.2) is 6.29 Å². The molecule has 1 aromatic heterocycles. The van der Waals surface area contributed by atoms with Crippen molar-refractivity contribution in [2.75, 3.05) is 13.2 Å². The largest absolute Gasteiger partial charge is 0.364 e. The molecular formula is C18H22N2O4. The van der Waals surface area contributed by atoms with Crippen LogP contribution >= 0.6 is 0 Å². The lowest BCUT2D eigenvalue weighted by atomic mass is 10.1.